The second-order valence-electron chi connectivity index (χ2n) is 5.21. The second-order valence-corrected chi connectivity index (χ2v) is 6.56. The first-order valence-electron chi connectivity index (χ1n) is 7.56. The first-order valence-corrected chi connectivity index (χ1v) is 8.93. The highest BCUT2D eigenvalue weighted by atomic mass is 35.5. The Hall–Kier alpha value is -2.64. The molecule has 0 amide bonds. The second kappa shape index (κ2) is 7.08. The maximum absolute atomic E-state index is 6.11. The van der Waals surface area contributed by atoms with E-state index in [1.807, 2.05) is 54.6 Å². The Kier molecular flexibility index (Phi) is 4.49. The van der Waals surface area contributed by atoms with E-state index in [1.165, 1.54) is 0 Å². The molecule has 1 aliphatic heterocycles. The van der Waals surface area contributed by atoms with E-state index in [0.717, 1.165) is 27.7 Å². The maximum Gasteiger partial charge on any atom is 0.266 e. The number of rotatable bonds is 4. The molecule has 2 heterocycles. The quantitative estimate of drug-likeness (QED) is 0.562. The summed E-state index contributed by atoms with van der Waals surface area (Å²) in [6.07, 6.45) is 1.64. The molecule has 0 aliphatic carbocycles. The van der Waals surface area contributed by atoms with Crippen LogP contribution in [0.2, 0.25) is 5.02 Å². The standard InChI is InChI=1S/C17H13ClN6S/c18-14-9-5-4-8-13(14)10-19-20-16-21-22-17-24(16)23-15(11-25-17)12-6-2-1-3-7-12/h1-10H,11H2,(H,20,21)/b19-10+. The van der Waals surface area contributed by atoms with Crippen molar-refractivity contribution in [3.63, 3.8) is 0 Å². The number of fused-ring (bicyclic) bond motifs is 1. The van der Waals surface area contributed by atoms with Crippen molar-refractivity contribution in [2.45, 2.75) is 5.16 Å². The highest BCUT2D eigenvalue weighted by Gasteiger charge is 2.19. The molecule has 4 rings (SSSR count). The van der Waals surface area contributed by atoms with Gasteiger partial charge in [0.15, 0.2) is 0 Å². The number of nitrogens with zero attached hydrogens (tertiary/aromatic N) is 5. The summed E-state index contributed by atoms with van der Waals surface area (Å²) in [6, 6.07) is 17.5. The highest BCUT2D eigenvalue weighted by Crippen LogP contribution is 2.25. The SMILES string of the molecule is Clc1ccccc1/C=N/Nc1nnc2n1N=C(c1ccccc1)CS2. The van der Waals surface area contributed by atoms with E-state index in [-0.39, 0.29) is 0 Å². The molecule has 8 heteroatoms. The van der Waals surface area contributed by atoms with E-state index >= 15 is 0 Å². The Morgan fingerprint density at radius 3 is 2.72 bits per heavy atom. The van der Waals surface area contributed by atoms with Crippen LogP contribution in [-0.4, -0.2) is 32.6 Å². The van der Waals surface area contributed by atoms with Crippen LogP contribution in [0.5, 0.6) is 0 Å². The Bertz CT molecular complexity index is 951. The van der Waals surface area contributed by atoms with E-state index < -0.39 is 0 Å². The van der Waals surface area contributed by atoms with Gasteiger partial charge in [-0.2, -0.15) is 14.9 Å². The molecule has 0 bridgehead atoms. The van der Waals surface area contributed by atoms with Gasteiger partial charge in [-0.05, 0) is 11.6 Å². The minimum atomic E-state index is 0.457. The third-order valence-corrected chi connectivity index (χ3v) is 4.83. The predicted octanol–water partition coefficient (Wildman–Crippen LogP) is 3.74. The van der Waals surface area contributed by atoms with Gasteiger partial charge in [-0.1, -0.05) is 71.9 Å². The summed E-state index contributed by atoms with van der Waals surface area (Å²) in [5.74, 6) is 1.21. The van der Waals surface area contributed by atoms with Gasteiger partial charge in [0.05, 0.1) is 11.9 Å². The lowest BCUT2D eigenvalue weighted by Crippen LogP contribution is -2.14. The van der Waals surface area contributed by atoms with Crippen LogP contribution in [0, 0.1) is 0 Å². The van der Waals surface area contributed by atoms with Gasteiger partial charge in [-0.3, -0.25) is 0 Å². The van der Waals surface area contributed by atoms with Gasteiger partial charge in [-0.15, -0.1) is 10.2 Å². The van der Waals surface area contributed by atoms with Crippen LogP contribution in [0.15, 0.2) is 70.0 Å². The Morgan fingerprint density at radius 1 is 1.08 bits per heavy atom. The van der Waals surface area contributed by atoms with Crippen LogP contribution in [0.3, 0.4) is 0 Å². The molecule has 124 valence electrons. The lowest BCUT2D eigenvalue weighted by atomic mass is 10.1. The number of hydrogen-bond acceptors (Lipinski definition) is 6. The summed E-state index contributed by atoms with van der Waals surface area (Å²) in [5.41, 5.74) is 5.75. The van der Waals surface area contributed by atoms with Crippen LogP contribution in [-0.2, 0) is 0 Å². The third-order valence-electron chi connectivity index (χ3n) is 3.55. The lowest BCUT2D eigenvalue weighted by molar-refractivity contribution is 0.760. The number of nitrogens with one attached hydrogen (secondary N) is 1. The number of hydrogen-bond donors (Lipinski definition) is 1. The molecule has 1 aromatic heterocycles. The van der Waals surface area contributed by atoms with E-state index in [0.29, 0.717) is 11.0 Å². The van der Waals surface area contributed by atoms with Gasteiger partial charge >= 0.3 is 0 Å². The van der Waals surface area contributed by atoms with Crippen molar-refractivity contribution >= 4 is 41.2 Å². The van der Waals surface area contributed by atoms with Gasteiger partial charge in [-0.25, -0.2) is 5.43 Å². The minimum absolute atomic E-state index is 0.457. The summed E-state index contributed by atoms with van der Waals surface area (Å²) >= 11 is 7.70. The van der Waals surface area contributed by atoms with Crippen LogP contribution >= 0.6 is 23.4 Å². The Balaban J connectivity index is 1.57. The van der Waals surface area contributed by atoms with Crippen LogP contribution in [0.1, 0.15) is 11.1 Å². The zero-order valence-electron chi connectivity index (χ0n) is 13.0. The highest BCUT2D eigenvalue weighted by molar-refractivity contribution is 7.99. The average Bonchev–Trinajstić information content (AvgIpc) is 3.06. The number of thioether (sulfide) groups is 1. The fourth-order valence-corrected chi connectivity index (χ4v) is 3.33. The number of halogens is 1. The van der Waals surface area contributed by atoms with Gasteiger partial charge in [0, 0.05) is 16.3 Å². The van der Waals surface area contributed by atoms with Crippen molar-refractivity contribution in [1.29, 1.82) is 0 Å². The Labute approximate surface area is 153 Å². The maximum atomic E-state index is 6.11. The smallest absolute Gasteiger partial charge is 0.244 e. The molecule has 1 N–H and O–H groups in total. The monoisotopic (exact) mass is 368 g/mol. The van der Waals surface area contributed by atoms with Crippen LogP contribution in [0.4, 0.5) is 5.95 Å². The van der Waals surface area contributed by atoms with Crippen molar-refractivity contribution in [2.24, 2.45) is 10.2 Å². The number of aromatic nitrogens is 3. The summed E-state index contributed by atoms with van der Waals surface area (Å²) in [6.45, 7) is 0. The molecule has 0 unspecified atom stereocenters. The van der Waals surface area contributed by atoms with E-state index in [1.54, 1.807) is 22.7 Å². The molecule has 0 atom stereocenters. The van der Waals surface area contributed by atoms with Crippen molar-refractivity contribution < 1.29 is 0 Å². The number of benzene rings is 2. The first-order chi connectivity index (χ1) is 12.3. The topological polar surface area (TPSA) is 67.5 Å². The molecule has 1 aliphatic rings. The largest absolute Gasteiger partial charge is 0.266 e. The molecule has 3 aromatic rings. The normalized spacial score (nSPS) is 13.6. The fraction of sp³-hybridized carbons (Fsp3) is 0.0588. The molecule has 0 saturated heterocycles. The van der Waals surface area contributed by atoms with Gasteiger partial charge < -0.3 is 0 Å². The molecule has 25 heavy (non-hydrogen) atoms. The number of hydrazone groups is 1. The lowest BCUT2D eigenvalue weighted by Gasteiger charge is -2.13. The Morgan fingerprint density at radius 2 is 1.88 bits per heavy atom. The van der Waals surface area contributed by atoms with Crippen LogP contribution in [0.25, 0.3) is 0 Å². The zero-order valence-corrected chi connectivity index (χ0v) is 14.6. The van der Waals surface area contributed by atoms with Crippen molar-refractivity contribution in [3.05, 3.63) is 70.7 Å². The molecular weight excluding hydrogens is 356 g/mol. The molecule has 6 nitrogen and oxygen atoms in total. The van der Waals surface area contributed by atoms with E-state index in [4.69, 9.17) is 11.6 Å². The van der Waals surface area contributed by atoms with Gasteiger partial charge in [0.1, 0.15) is 0 Å². The molecule has 0 spiro atoms. The molecule has 0 radical (unpaired) electrons. The molecular formula is C17H13ClN6S. The summed E-state index contributed by atoms with van der Waals surface area (Å²) in [5, 5.41) is 18.4. The average molecular weight is 369 g/mol. The molecule has 0 fully saturated rings. The predicted molar refractivity (Wildman–Crippen MR) is 102 cm³/mol. The van der Waals surface area contributed by atoms with Crippen molar-refractivity contribution in [3.8, 4) is 0 Å². The van der Waals surface area contributed by atoms with Crippen molar-refractivity contribution in [2.75, 3.05) is 11.2 Å². The zero-order chi connectivity index (χ0) is 17.1. The minimum Gasteiger partial charge on any atom is -0.244 e. The molecule has 0 saturated carbocycles. The van der Waals surface area contributed by atoms with Gasteiger partial charge in [0.25, 0.3) is 5.95 Å². The van der Waals surface area contributed by atoms with Crippen molar-refractivity contribution in [1.82, 2.24) is 14.9 Å². The molecule has 2 aromatic carbocycles. The number of anilines is 1. The summed E-state index contributed by atoms with van der Waals surface area (Å²) < 4.78 is 1.67. The fourth-order valence-electron chi connectivity index (χ4n) is 2.31. The van der Waals surface area contributed by atoms with E-state index in [2.05, 4.69) is 25.8 Å². The third kappa shape index (κ3) is 3.42. The van der Waals surface area contributed by atoms with E-state index in [9.17, 15) is 0 Å². The summed E-state index contributed by atoms with van der Waals surface area (Å²) in [7, 11) is 0. The van der Waals surface area contributed by atoms with Crippen LogP contribution < -0.4 is 5.43 Å². The summed E-state index contributed by atoms with van der Waals surface area (Å²) in [4.78, 5) is 0. The van der Waals surface area contributed by atoms with Gasteiger partial charge in [0.2, 0.25) is 5.16 Å². The first kappa shape index (κ1) is 15.9.